The van der Waals surface area contributed by atoms with Crippen LogP contribution in [0.2, 0.25) is 0 Å². The quantitative estimate of drug-likeness (QED) is 0.748. The molecule has 1 heterocycles. The molecule has 1 aromatic heterocycles. The zero-order valence-corrected chi connectivity index (χ0v) is 13.7. The van der Waals surface area contributed by atoms with Gasteiger partial charge in [-0.25, -0.2) is 0 Å². The molecule has 2 aromatic rings. The third kappa shape index (κ3) is 4.60. The number of carbonyl (C=O) groups excluding carboxylic acids is 1. The maximum atomic E-state index is 11.9. The van der Waals surface area contributed by atoms with Gasteiger partial charge >= 0.3 is 0 Å². The lowest BCUT2D eigenvalue weighted by Gasteiger charge is -2.17. The molecule has 4 nitrogen and oxygen atoms in total. The molecule has 0 aliphatic heterocycles. The van der Waals surface area contributed by atoms with Gasteiger partial charge in [0.25, 0.3) is 0 Å². The highest BCUT2D eigenvalue weighted by atomic mass is 16.1. The minimum atomic E-state index is 0.159. The molecular weight excluding hydrogens is 274 g/mol. The van der Waals surface area contributed by atoms with E-state index in [1.807, 2.05) is 6.07 Å². The first-order chi connectivity index (χ1) is 10.7. The van der Waals surface area contributed by atoms with E-state index < -0.39 is 0 Å². The van der Waals surface area contributed by atoms with E-state index >= 15 is 0 Å². The fraction of sp³-hybridized carbons (Fsp3) is 0.500. The topological polar surface area (TPSA) is 48.1 Å². The average Bonchev–Trinajstić information content (AvgIpc) is 2.95. The molecular formula is C18H27N3O. The Bertz CT molecular complexity index is 587. The van der Waals surface area contributed by atoms with Gasteiger partial charge in [0.15, 0.2) is 0 Å². The maximum absolute atomic E-state index is 11.9. The summed E-state index contributed by atoms with van der Waals surface area (Å²) in [6.07, 6.45) is 4.48. The lowest BCUT2D eigenvalue weighted by atomic mass is 10.1. The van der Waals surface area contributed by atoms with E-state index in [-0.39, 0.29) is 5.91 Å². The van der Waals surface area contributed by atoms with Crippen molar-refractivity contribution in [3.05, 3.63) is 36.0 Å². The Kier molecular flexibility index (Phi) is 6.46. The van der Waals surface area contributed by atoms with Crippen LogP contribution in [-0.4, -0.2) is 42.0 Å². The van der Waals surface area contributed by atoms with E-state index in [9.17, 15) is 4.79 Å². The first-order valence-corrected chi connectivity index (χ1v) is 8.28. The van der Waals surface area contributed by atoms with E-state index in [2.05, 4.69) is 53.4 Å². The Labute approximate surface area is 132 Å². The van der Waals surface area contributed by atoms with Crippen molar-refractivity contribution in [2.24, 2.45) is 0 Å². The number of amides is 1. The molecule has 0 saturated carbocycles. The second kappa shape index (κ2) is 8.59. The Balaban J connectivity index is 1.69. The van der Waals surface area contributed by atoms with Crippen molar-refractivity contribution >= 4 is 16.8 Å². The van der Waals surface area contributed by atoms with E-state index in [1.165, 1.54) is 16.5 Å². The number of carbonyl (C=O) groups is 1. The first-order valence-electron chi connectivity index (χ1n) is 8.28. The van der Waals surface area contributed by atoms with Crippen molar-refractivity contribution in [2.75, 3.05) is 26.2 Å². The maximum Gasteiger partial charge on any atom is 0.220 e. The normalized spacial score (nSPS) is 11.2. The molecule has 0 aliphatic rings. The summed E-state index contributed by atoms with van der Waals surface area (Å²) in [7, 11) is 0. The number of likely N-dealkylation sites (N-methyl/N-ethyl adjacent to an activating group) is 1. The standard InChI is InChI=1S/C18H27N3O/c1-3-21(4-2)13-12-19-18(22)11-7-8-15-14-20-17-10-6-5-9-16(15)17/h5-6,9-10,14,20H,3-4,7-8,11-13H2,1-2H3,(H,19,22). The molecule has 0 bridgehead atoms. The lowest BCUT2D eigenvalue weighted by Crippen LogP contribution is -2.34. The fourth-order valence-electron chi connectivity index (χ4n) is 2.76. The minimum absolute atomic E-state index is 0.159. The van der Waals surface area contributed by atoms with Crippen molar-refractivity contribution in [1.82, 2.24) is 15.2 Å². The van der Waals surface area contributed by atoms with Crippen LogP contribution in [0.5, 0.6) is 0 Å². The molecule has 0 fully saturated rings. The zero-order valence-electron chi connectivity index (χ0n) is 13.7. The summed E-state index contributed by atoms with van der Waals surface area (Å²) in [6, 6.07) is 8.30. The van der Waals surface area contributed by atoms with Gasteiger partial charge < -0.3 is 15.2 Å². The highest BCUT2D eigenvalue weighted by Gasteiger charge is 2.06. The van der Waals surface area contributed by atoms with Crippen molar-refractivity contribution in [3.8, 4) is 0 Å². The molecule has 1 amide bonds. The summed E-state index contributed by atoms with van der Waals surface area (Å²) in [5.74, 6) is 0.159. The van der Waals surface area contributed by atoms with E-state index in [4.69, 9.17) is 0 Å². The van der Waals surface area contributed by atoms with Crippen LogP contribution < -0.4 is 5.32 Å². The molecule has 22 heavy (non-hydrogen) atoms. The Morgan fingerprint density at radius 1 is 1.23 bits per heavy atom. The van der Waals surface area contributed by atoms with Crippen molar-refractivity contribution in [2.45, 2.75) is 33.1 Å². The average molecular weight is 301 g/mol. The van der Waals surface area contributed by atoms with Crippen LogP contribution in [0.4, 0.5) is 0 Å². The number of rotatable bonds is 9. The van der Waals surface area contributed by atoms with Crippen LogP contribution in [0, 0.1) is 0 Å². The molecule has 1 aromatic carbocycles. The minimum Gasteiger partial charge on any atom is -0.361 e. The van der Waals surface area contributed by atoms with Gasteiger partial charge in [0, 0.05) is 36.6 Å². The molecule has 4 heteroatoms. The second-order valence-corrected chi connectivity index (χ2v) is 5.59. The summed E-state index contributed by atoms with van der Waals surface area (Å²) < 4.78 is 0. The number of aromatic amines is 1. The zero-order chi connectivity index (χ0) is 15.8. The predicted octanol–water partition coefficient (Wildman–Crippen LogP) is 2.95. The number of nitrogens with zero attached hydrogens (tertiary/aromatic N) is 1. The van der Waals surface area contributed by atoms with Crippen LogP contribution in [0.3, 0.4) is 0 Å². The van der Waals surface area contributed by atoms with Crippen LogP contribution in [0.1, 0.15) is 32.3 Å². The largest absolute Gasteiger partial charge is 0.361 e. The number of fused-ring (bicyclic) bond motifs is 1. The van der Waals surface area contributed by atoms with Gasteiger partial charge in [0.1, 0.15) is 0 Å². The summed E-state index contributed by atoms with van der Waals surface area (Å²) >= 11 is 0. The first kappa shape index (κ1) is 16.6. The van der Waals surface area contributed by atoms with Crippen LogP contribution >= 0.6 is 0 Å². The van der Waals surface area contributed by atoms with Crippen molar-refractivity contribution in [1.29, 1.82) is 0 Å². The number of hydrogen-bond acceptors (Lipinski definition) is 2. The van der Waals surface area contributed by atoms with Crippen molar-refractivity contribution < 1.29 is 4.79 Å². The smallest absolute Gasteiger partial charge is 0.220 e. The Morgan fingerprint density at radius 3 is 2.77 bits per heavy atom. The highest BCUT2D eigenvalue weighted by molar-refractivity contribution is 5.83. The molecule has 0 aliphatic carbocycles. The van der Waals surface area contributed by atoms with Gasteiger partial charge in [-0.1, -0.05) is 32.0 Å². The van der Waals surface area contributed by atoms with Gasteiger partial charge in [-0.15, -0.1) is 0 Å². The van der Waals surface area contributed by atoms with E-state index in [0.717, 1.165) is 39.0 Å². The van der Waals surface area contributed by atoms with Gasteiger partial charge in [0.05, 0.1) is 0 Å². The van der Waals surface area contributed by atoms with E-state index in [0.29, 0.717) is 6.42 Å². The summed E-state index contributed by atoms with van der Waals surface area (Å²) in [4.78, 5) is 17.4. The number of H-pyrrole nitrogens is 1. The highest BCUT2D eigenvalue weighted by Crippen LogP contribution is 2.19. The Hall–Kier alpha value is -1.81. The van der Waals surface area contributed by atoms with Crippen LogP contribution in [0.15, 0.2) is 30.5 Å². The van der Waals surface area contributed by atoms with Crippen LogP contribution in [-0.2, 0) is 11.2 Å². The number of hydrogen-bond donors (Lipinski definition) is 2. The summed E-state index contributed by atoms with van der Waals surface area (Å²) in [5.41, 5.74) is 2.47. The second-order valence-electron chi connectivity index (χ2n) is 5.59. The number of benzene rings is 1. The van der Waals surface area contributed by atoms with Gasteiger partial charge in [-0.3, -0.25) is 4.79 Å². The number of para-hydroxylation sites is 1. The number of aromatic nitrogens is 1. The van der Waals surface area contributed by atoms with Gasteiger partial charge in [0.2, 0.25) is 5.91 Å². The van der Waals surface area contributed by atoms with Gasteiger partial charge in [-0.05, 0) is 37.6 Å². The molecule has 0 atom stereocenters. The molecule has 120 valence electrons. The summed E-state index contributed by atoms with van der Waals surface area (Å²) in [5, 5.41) is 4.28. The summed E-state index contributed by atoms with van der Waals surface area (Å²) in [6.45, 7) is 8.04. The monoisotopic (exact) mass is 301 g/mol. The lowest BCUT2D eigenvalue weighted by molar-refractivity contribution is -0.121. The molecule has 0 unspecified atom stereocenters. The predicted molar refractivity (Wildman–Crippen MR) is 92.0 cm³/mol. The fourth-order valence-corrected chi connectivity index (χ4v) is 2.76. The SMILES string of the molecule is CCN(CC)CCNC(=O)CCCc1c[nH]c2ccccc12. The third-order valence-corrected chi connectivity index (χ3v) is 4.17. The van der Waals surface area contributed by atoms with Crippen LogP contribution in [0.25, 0.3) is 10.9 Å². The van der Waals surface area contributed by atoms with Crippen molar-refractivity contribution in [3.63, 3.8) is 0 Å². The van der Waals surface area contributed by atoms with Gasteiger partial charge in [-0.2, -0.15) is 0 Å². The van der Waals surface area contributed by atoms with E-state index in [1.54, 1.807) is 0 Å². The number of nitrogens with one attached hydrogen (secondary N) is 2. The molecule has 2 N–H and O–H groups in total. The molecule has 0 saturated heterocycles. The molecule has 0 spiro atoms. The molecule has 0 radical (unpaired) electrons. The third-order valence-electron chi connectivity index (χ3n) is 4.17. The number of aryl methyl sites for hydroxylation is 1. The Morgan fingerprint density at radius 2 is 2.00 bits per heavy atom. The molecule has 2 rings (SSSR count).